The summed E-state index contributed by atoms with van der Waals surface area (Å²) in [5, 5.41) is 3.32. The Labute approximate surface area is 127 Å². The van der Waals surface area contributed by atoms with E-state index in [0.717, 1.165) is 25.1 Å². The van der Waals surface area contributed by atoms with Crippen LogP contribution in [0, 0.1) is 5.92 Å². The lowest BCUT2D eigenvalue weighted by Crippen LogP contribution is -2.33. The van der Waals surface area contributed by atoms with E-state index in [9.17, 15) is 0 Å². The van der Waals surface area contributed by atoms with Gasteiger partial charge in [0.05, 0.1) is 8.95 Å². The summed E-state index contributed by atoms with van der Waals surface area (Å²) in [6.07, 6.45) is 2.63. The monoisotopic (exact) mass is 425 g/mol. The van der Waals surface area contributed by atoms with Crippen LogP contribution in [0.25, 0.3) is 0 Å². The van der Waals surface area contributed by atoms with Crippen molar-refractivity contribution in [1.29, 1.82) is 0 Å². The maximum Gasteiger partial charge on any atom is 0.147 e. The summed E-state index contributed by atoms with van der Waals surface area (Å²) in [4.78, 5) is 0. The van der Waals surface area contributed by atoms with E-state index in [4.69, 9.17) is 4.74 Å². The van der Waals surface area contributed by atoms with Gasteiger partial charge in [-0.1, -0.05) is 15.9 Å². The Morgan fingerprint density at radius 1 is 1.29 bits per heavy atom. The van der Waals surface area contributed by atoms with Crippen LogP contribution >= 0.6 is 47.8 Å². The number of nitrogens with one attached hydrogen (secondary N) is 1. The van der Waals surface area contributed by atoms with Gasteiger partial charge < -0.3 is 10.1 Å². The third kappa shape index (κ3) is 3.69. The van der Waals surface area contributed by atoms with Gasteiger partial charge in [-0.2, -0.15) is 0 Å². The van der Waals surface area contributed by atoms with Crippen LogP contribution in [0.1, 0.15) is 12.8 Å². The minimum absolute atomic E-state index is 0.456. The van der Waals surface area contributed by atoms with Crippen molar-refractivity contribution < 1.29 is 4.74 Å². The second-order valence-corrected chi connectivity index (χ2v) is 6.87. The van der Waals surface area contributed by atoms with Crippen LogP contribution in [-0.4, -0.2) is 19.7 Å². The van der Waals surface area contributed by atoms with E-state index < -0.39 is 0 Å². The van der Waals surface area contributed by atoms with E-state index in [1.165, 1.54) is 12.8 Å². The third-order valence-corrected chi connectivity index (χ3v) is 4.57. The van der Waals surface area contributed by atoms with Crippen LogP contribution < -0.4 is 10.1 Å². The molecule has 2 nitrogen and oxygen atoms in total. The summed E-state index contributed by atoms with van der Waals surface area (Å²) in [6.45, 7) is 0.708. The number of benzene rings is 1. The van der Waals surface area contributed by atoms with E-state index in [2.05, 4.69) is 53.1 Å². The average molecular weight is 428 g/mol. The molecule has 5 heteroatoms. The molecule has 0 heterocycles. The molecule has 2 rings (SSSR count). The van der Waals surface area contributed by atoms with Gasteiger partial charge >= 0.3 is 0 Å². The molecule has 1 saturated carbocycles. The van der Waals surface area contributed by atoms with E-state index in [0.29, 0.717) is 12.6 Å². The third-order valence-electron chi connectivity index (χ3n) is 2.93. The molecular formula is C12H14Br3NO. The van der Waals surface area contributed by atoms with Gasteiger partial charge in [0.15, 0.2) is 0 Å². The molecule has 1 fully saturated rings. The van der Waals surface area contributed by atoms with Gasteiger partial charge in [0.2, 0.25) is 0 Å². The number of rotatable bonds is 5. The summed E-state index contributed by atoms with van der Waals surface area (Å²) >= 11 is 10.5. The summed E-state index contributed by atoms with van der Waals surface area (Å²) in [5.74, 6) is 1.65. The molecule has 0 aromatic heterocycles. The molecule has 1 aromatic carbocycles. The topological polar surface area (TPSA) is 21.3 Å². The second kappa shape index (κ2) is 6.04. The molecule has 1 N–H and O–H groups in total. The van der Waals surface area contributed by atoms with Gasteiger partial charge in [-0.05, 0) is 69.8 Å². The highest BCUT2D eigenvalue weighted by Crippen LogP contribution is 2.38. The van der Waals surface area contributed by atoms with Crippen molar-refractivity contribution in [2.45, 2.75) is 18.9 Å². The van der Waals surface area contributed by atoms with E-state index in [1.807, 2.05) is 19.2 Å². The highest BCUT2D eigenvalue weighted by molar-refractivity contribution is 9.11. The summed E-state index contributed by atoms with van der Waals surface area (Å²) < 4.78 is 8.85. The smallest absolute Gasteiger partial charge is 0.147 e. The standard InChI is InChI=1S/C12H14Br3NO/c1-16-11(7-2-3-7)6-17-12-9(14)4-8(13)5-10(12)15/h4-5,7,11,16H,2-3,6H2,1H3. The summed E-state index contributed by atoms with van der Waals surface area (Å²) in [7, 11) is 2.00. The lowest BCUT2D eigenvalue weighted by Gasteiger charge is -2.18. The van der Waals surface area contributed by atoms with Crippen molar-refractivity contribution in [1.82, 2.24) is 5.32 Å². The molecule has 94 valence electrons. The molecule has 1 aromatic rings. The minimum Gasteiger partial charge on any atom is -0.490 e. The fourth-order valence-corrected chi connectivity index (χ4v) is 4.28. The molecule has 0 aliphatic heterocycles. The molecule has 0 amide bonds. The van der Waals surface area contributed by atoms with Gasteiger partial charge in [-0.25, -0.2) is 0 Å². The first-order valence-corrected chi connectivity index (χ1v) is 7.94. The first-order valence-electron chi connectivity index (χ1n) is 5.56. The molecular weight excluding hydrogens is 414 g/mol. The van der Waals surface area contributed by atoms with Crippen LogP contribution in [-0.2, 0) is 0 Å². The largest absolute Gasteiger partial charge is 0.490 e. The zero-order chi connectivity index (χ0) is 12.4. The Morgan fingerprint density at radius 2 is 1.88 bits per heavy atom. The SMILES string of the molecule is CNC(COc1c(Br)cc(Br)cc1Br)C1CC1. The molecule has 0 spiro atoms. The van der Waals surface area contributed by atoms with Gasteiger partial charge in [0.1, 0.15) is 12.4 Å². The van der Waals surface area contributed by atoms with Crippen molar-refractivity contribution in [3.8, 4) is 5.75 Å². The Bertz CT molecular complexity index is 384. The van der Waals surface area contributed by atoms with E-state index in [-0.39, 0.29) is 0 Å². The zero-order valence-electron chi connectivity index (χ0n) is 9.47. The highest BCUT2D eigenvalue weighted by atomic mass is 79.9. The van der Waals surface area contributed by atoms with Gasteiger partial charge in [0, 0.05) is 10.5 Å². The second-order valence-electron chi connectivity index (χ2n) is 4.24. The van der Waals surface area contributed by atoms with Crippen molar-refractivity contribution in [2.75, 3.05) is 13.7 Å². The van der Waals surface area contributed by atoms with Crippen molar-refractivity contribution in [2.24, 2.45) is 5.92 Å². The number of likely N-dealkylation sites (N-methyl/N-ethyl adjacent to an activating group) is 1. The fourth-order valence-electron chi connectivity index (χ4n) is 1.79. The van der Waals surface area contributed by atoms with Crippen molar-refractivity contribution >= 4 is 47.8 Å². The molecule has 17 heavy (non-hydrogen) atoms. The fraction of sp³-hybridized carbons (Fsp3) is 0.500. The molecule has 1 atom stereocenters. The lowest BCUT2D eigenvalue weighted by atomic mass is 10.2. The van der Waals surface area contributed by atoms with Crippen LogP contribution in [0.15, 0.2) is 25.6 Å². The Hall–Kier alpha value is 0.420. The van der Waals surface area contributed by atoms with E-state index >= 15 is 0 Å². The maximum atomic E-state index is 5.90. The summed E-state index contributed by atoms with van der Waals surface area (Å²) in [5.41, 5.74) is 0. The van der Waals surface area contributed by atoms with Crippen molar-refractivity contribution in [3.63, 3.8) is 0 Å². The quantitative estimate of drug-likeness (QED) is 0.754. The molecule has 1 unspecified atom stereocenters. The molecule has 0 saturated heterocycles. The molecule has 1 aliphatic carbocycles. The number of hydrogen-bond acceptors (Lipinski definition) is 2. The molecule has 1 aliphatic rings. The van der Waals surface area contributed by atoms with Crippen LogP contribution in [0.4, 0.5) is 0 Å². The first kappa shape index (κ1) is 13.8. The van der Waals surface area contributed by atoms with Crippen LogP contribution in [0.2, 0.25) is 0 Å². The van der Waals surface area contributed by atoms with Gasteiger partial charge in [0.25, 0.3) is 0 Å². The van der Waals surface area contributed by atoms with Crippen LogP contribution in [0.5, 0.6) is 5.75 Å². The number of hydrogen-bond donors (Lipinski definition) is 1. The molecule has 0 radical (unpaired) electrons. The van der Waals surface area contributed by atoms with Gasteiger partial charge in [-0.3, -0.25) is 0 Å². The first-order chi connectivity index (χ1) is 8.11. The lowest BCUT2D eigenvalue weighted by molar-refractivity contribution is 0.253. The Morgan fingerprint density at radius 3 is 2.35 bits per heavy atom. The predicted molar refractivity (Wildman–Crippen MR) is 80.6 cm³/mol. The predicted octanol–water partition coefficient (Wildman–Crippen LogP) is 4.35. The van der Waals surface area contributed by atoms with Crippen molar-refractivity contribution in [3.05, 3.63) is 25.6 Å². The average Bonchev–Trinajstić information content (AvgIpc) is 3.06. The minimum atomic E-state index is 0.456. The number of halogens is 3. The van der Waals surface area contributed by atoms with E-state index in [1.54, 1.807) is 0 Å². The maximum absolute atomic E-state index is 5.90. The Balaban J connectivity index is 2.02. The zero-order valence-corrected chi connectivity index (χ0v) is 14.2. The normalized spacial score (nSPS) is 16.9. The highest BCUT2D eigenvalue weighted by Gasteiger charge is 2.30. The Kier molecular flexibility index (Phi) is 4.92. The summed E-state index contributed by atoms with van der Waals surface area (Å²) in [6, 6.07) is 4.44. The van der Waals surface area contributed by atoms with Gasteiger partial charge in [-0.15, -0.1) is 0 Å². The van der Waals surface area contributed by atoms with Crippen LogP contribution in [0.3, 0.4) is 0 Å². The molecule has 0 bridgehead atoms. The number of ether oxygens (including phenoxy) is 1.